The fraction of sp³-hybridized carbons (Fsp3) is 0.214. The van der Waals surface area contributed by atoms with E-state index in [0.29, 0.717) is 24.3 Å². The molecule has 14 heteroatoms. The molecule has 2 rings (SSSR count). The van der Waals surface area contributed by atoms with Crippen LogP contribution in [0, 0.1) is 0 Å². The van der Waals surface area contributed by atoms with E-state index in [4.69, 9.17) is 0 Å². The van der Waals surface area contributed by atoms with Gasteiger partial charge in [-0.15, -0.1) is 0 Å². The van der Waals surface area contributed by atoms with Crippen LogP contribution in [0.15, 0.2) is 41.4 Å². The maximum absolute atomic E-state index is 12.9. The molecule has 0 aliphatic heterocycles. The van der Waals surface area contributed by atoms with Gasteiger partial charge in [0.15, 0.2) is 0 Å². The van der Waals surface area contributed by atoms with Gasteiger partial charge in [-0.05, 0) is 30.3 Å². The molecule has 0 bridgehead atoms. The Labute approximate surface area is 151 Å². The summed E-state index contributed by atoms with van der Waals surface area (Å²) in [6.07, 6.45) is -15.8. The van der Waals surface area contributed by atoms with Crippen LogP contribution in [0.1, 0.15) is 16.7 Å². The van der Waals surface area contributed by atoms with Crippen molar-refractivity contribution < 1.29 is 47.9 Å². The van der Waals surface area contributed by atoms with E-state index in [-0.39, 0.29) is 12.3 Å². The first-order valence-corrected chi connectivity index (χ1v) is 8.34. The highest BCUT2D eigenvalue weighted by atomic mass is 32.2. The van der Waals surface area contributed by atoms with Crippen LogP contribution in [-0.4, -0.2) is 13.4 Å². The van der Waals surface area contributed by atoms with Crippen molar-refractivity contribution in [2.45, 2.75) is 23.4 Å². The lowest BCUT2D eigenvalue weighted by Gasteiger charge is -2.16. The van der Waals surface area contributed by atoms with Gasteiger partial charge in [0.05, 0.1) is 21.6 Å². The number of halogens is 9. The quantitative estimate of drug-likeness (QED) is 0.691. The maximum Gasteiger partial charge on any atom is 0.418 e. The summed E-state index contributed by atoms with van der Waals surface area (Å²) in [5.74, 6) is -1.10. The molecule has 0 saturated carbocycles. The van der Waals surface area contributed by atoms with E-state index in [1.165, 1.54) is 4.72 Å². The van der Waals surface area contributed by atoms with Crippen molar-refractivity contribution in [2.24, 2.45) is 0 Å². The van der Waals surface area contributed by atoms with Crippen LogP contribution >= 0.6 is 0 Å². The van der Waals surface area contributed by atoms with Crippen molar-refractivity contribution in [3.8, 4) is 0 Å². The molecule has 0 atom stereocenters. The molecule has 1 N–H and O–H groups in total. The second kappa shape index (κ2) is 6.83. The molecule has 0 saturated heterocycles. The Morgan fingerprint density at radius 2 is 1.25 bits per heavy atom. The van der Waals surface area contributed by atoms with Crippen LogP contribution in [0.4, 0.5) is 45.3 Å². The Hall–Kier alpha value is -2.51. The van der Waals surface area contributed by atoms with Crippen LogP contribution in [0.2, 0.25) is 0 Å². The first-order chi connectivity index (χ1) is 12.5. The molecular formula is C14H7F9N2O2S. The fourth-order valence-corrected chi connectivity index (χ4v) is 2.99. The number of hydrogen-bond donors (Lipinski definition) is 1. The summed E-state index contributed by atoms with van der Waals surface area (Å²) in [7, 11) is -4.71. The first kappa shape index (κ1) is 21.8. The number of anilines is 1. The van der Waals surface area contributed by atoms with Crippen molar-refractivity contribution in [3.05, 3.63) is 53.2 Å². The highest BCUT2D eigenvalue weighted by molar-refractivity contribution is 7.92. The number of benzene rings is 1. The lowest BCUT2D eigenvalue weighted by Crippen LogP contribution is -2.19. The minimum atomic E-state index is -5.47. The lowest BCUT2D eigenvalue weighted by atomic mass is 10.1. The van der Waals surface area contributed by atoms with Crippen LogP contribution in [-0.2, 0) is 28.6 Å². The summed E-state index contributed by atoms with van der Waals surface area (Å²) in [5, 5.41) is 0. The Kier molecular flexibility index (Phi) is 5.31. The van der Waals surface area contributed by atoms with Crippen molar-refractivity contribution in [1.82, 2.24) is 4.98 Å². The zero-order valence-electron chi connectivity index (χ0n) is 13.0. The fourth-order valence-electron chi connectivity index (χ4n) is 1.99. The minimum Gasteiger partial charge on any atom is -0.263 e. The summed E-state index contributed by atoms with van der Waals surface area (Å²) in [6, 6.07) is 1.72. The summed E-state index contributed by atoms with van der Waals surface area (Å²) < 4.78 is 140. The van der Waals surface area contributed by atoms with Gasteiger partial charge >= 0.3 is 18.5 Å². The van der Waals surface area contributed by atoms with Crippen LogP contribution in [0.5, 0.6) is 0 Å². The van der Waals surface area contributed by atoms with Gasteiger partial charge in [0.25, 0.3) is 10.0 Å². The van der Waals surface area contributed by atoms with E-state index in [0.717, 1.165) is 0 Å². The van der Waals surface area contributed by atoms with E-state index >= 15 is 0 Å². The van der Waals surface area contributed by atoms with Gasteiger partial charge < -0.3 is 0 Å². The van der Waals surface area contributed by atoms with E-state index < -0.39 is 56.0 Å². The van der Waals surface area contributed by atoms with Crippen molar-refractivity contribution >= 4 is 15.8 Å². The summed E-state index contributed by atoms with van der Waals surface area (Å²) in [4.78, 5) is 2.23. The van der Waals surface area contributed by atoms with E-state index in [9.17, 15) is 47.9 Å². The summed E-state index contributed by atoms with van der Waals surface area (Å²) in [5.41, 5.74) is -5.49. The zero-order valence-corrected chi connectivity index (χ0v) is 13.9. The number of alkyl halides is 9. The molecule has 1 aromatic heterocycles. The standard InChI is InChI=1S/C14H7F9N2O2S/c15-12(16,17)7-1-3-8(4-2-7)28(26,27)25-11-5-9(13(18,19)20)10(6-24-11)14(21,22)23/h1-6H,(H,24,25). The Balaban J connectivity index is 2.41. The van der Waals surface area contributed by atoms with E-state index in [1.54, 1.807) is 0 Å². The van der Waals surface area contributed by atoms with Crippen molar-refractivity contribution in [1.29, 1.82) is 0 Å². The van der Waals surface area contributed by atoms with Gasteiger partial charge in [0.2, 0.25) is 0 Å². The zero-order chi connectivity index (χ0) is 21.5. The topological polar surface area (TPSA) is 59.1 Å². The third kappa shape index (κ3) is 4.85. The van der Waals surface area contributed by atoms with Crippen molar-refractivity contribution in [2.75, 3.05) is 4.72 Å². The molecule has 0 aliphatic rings. The van der Waals surface area contributed by atoms with E-state index in [1.807, 2.05) is 0 Å². The molecule has 2 aromatic rings. The monoisotopic (exact) mass is 438 g/mol. The number of nitrogens with zero attached hydrogens (tertiary/aromatic N) is 1. The number of pyridine rings is 1. The minimum absolute atomic E-state index is 0.162. The third-order valence-electron chi connectivity index (χ3n) is 3.25. The maximum atomic E-state index is 12.9. The largest absolute Gasteiger partial charge is 0.418 e. The van der Waals surface area contributed by atoms with Crippen molar-refractivity contribution in [3.63, 3.8) is 0 Å². The average molecular weight is 438 g/mol. The van der Waals surface area contributed by atoms with Gasteiger partial charge in [-0.3, -0.25) is 4.72 Å². The highest BCUT2D eigenvalue weighted by Crippen LogP contribution is 2.40. The number of aromatic nitrogens is 1. The summed E-state index contributed by atoms with van der Waals surface area (Å²) in [6.45, 7) is 0. The second-order valence-electron chi connectivity index (χ2n) is 5.24. The van der Waals surface area contributed by atoms with Gasteiger partial charge in [-0.25, -0.2) is 13.4 Å². The SMILES string of the molecule is O=S(=O)(Nc1cc(C(F)(F)F)c(C(F)(F)F)cn1)c1ccc(C(F)(F)F)cc1. The highest BCUT2D eigenvalue weighted by Gasteiger charge is 2.43. The number of sulfonamides is 1. The average Bonchev–Trinajstić information content (AvgIpc) is 2.52. The molecule has 0 aliphatic carbocycles. The molecule has 1 heterocycles. The Morgan fingerprint density at radius 1 is 0.750 bits per heavy atom. The number of rotatable bonds is 3. The molecule has 0 spiro atoms. The van der Waals surface area contributed by atoms with Gasteiger partial charge in [0, 0.05) is 6.20 Å². The van der Waals surface area contributed by atoms with Crippen LogP contribution in [0.25, 0.3) is 0 Å². The predicted octanol–water partition coefficient (Wildman–Crippen LogP) is 4.94. The summed E-state index contributed by atoms with van der Waals surface area (Å²) >= 11 is 0. The van der Waals surface area contributed by atoms with E-state index in [2.05, 4.69) is 4.98 Å². The van der Waals surface area contributed by atoms with Gasteiger partial charge in [-0.2, -0.15) is 39.5 Å². The molecule has 0 amide bonds. The molecular weight excluding hydrogens is 431 g/mol. The normalized spacial score (nSPS) is 13.5. The number of hydrogen-bond acceptors (Lipinski definition) is 3. The smallest absolute Gasteiger partial charge is 0.263 e. The predicted molar refractivity (Wildman–Crippen MR) is 76.5 cm³/mol. The third-order valence-corrected chi connectivity index (χ3v) is 4.62. The van der Waals surface area contributed by atoms with Crippen LogP contribution < -0.4 is 4.72 Å². The first-order valence-electron chi connectivity index (χ1n) is 6.86. The van der Waals surface area contributed by atoms with Gasteiger partial charge in [-0.1, -0.05) is 0 Å². The number of nitrogens with one attached hydrogen (secondary N) is 1. The Bertz CT molecular complexity index is 962. The second-order valence-corrected chi connectivity index (χ2v) is 6.92. The molecule has 28 heavy (non-hydrogen) atoms. The molecule has 0 unspecified atom stereocenters. The molecule has 154 valence electrons. The molecule has 0 fully saturated rings. The molecule has 4 nitrogen and oxygen atoms in total. The van der Waals surface area contributed by atoms with Gasteiger partial charge in [0.1, 0.15) is 5.82 Å². The molecule has 1 aromatic carbocycles. The molecule has 0 radical (unpaired) electrons. The lowest BCUT2D eigenvalue weighted by molar-refractivity contribution is -0.162. The van der Waals surface area contributed by atoms with Crippen LogP contribution in [0.3, 0.4) is 0 Å². The Morgan fingerprint density at radius 3 is 1.68 bits per heavy atom.